The van der Waals surface area contributed by atoms with Crippen LogP contribution in [-0.2, 0) is 0 Å². The molecule has 2 aromatic rings. The van der Waals surface area contributed by atoms with E-state index in [1.54, 1.807) is 0 Å². The average molecular weight is 471 g/mol. The molecule has 114 valence electrons. The Morgan fingerprint density at radius 3 is 2.36 bits per heavy atom. The summed E-state index contributed by atoms with van der Waals surface area (Å²) in [5.74, 6) is 0.124. The quantitative estimate of drug-likeness (QED) is 0.619. The number of benzene rings is 2. The van der Waals surface area contributed by atoms with Gasteiger partial charge in [0.05, 0.1) is 5.56 Å². The van der Waals surface area contributed by atoms with E-state index in [0.717, 1.165) is 39.8 Å². The molecule has 0 N–H and O–H groups in total. The zero-order valence-electron chi connectivity index (χ0n) is 12.0. The smallest absolute Gasteiger partial charge is 0.255 e. The summed E-state index contributed by atoms with van der Waals surface area (Å²) in [6.07, 6.45) is 0. The van der Waals surface area contributed by atoms with Gasteiger partial charge in [-0.1, -0.05) is 34.1 Å². The Hall–Kier alpha value is -1.08. The van der Waals surface area contributed by atoms with Crippen LogP contribution in [0.5, 0.6) is 0 Å². The van der Waals surface area contributed by atoms with Gasteiger partial charge in [-0.2, -0.15) is 0 Å². The van der Waals surface area contributed by atoms with Crippen molar-refractivity contribution in [1.82, 2.24) is 4.90 Å². The van der Waals surface area contributed by atoms with Gasteiger partial charge in [0.1, 0.15) is 0 Å². The Morgan fingerprint density at radius 1 is 1.00 bits per heavy atom. The maximum absolute atomic E-state index is 12.7. The molecule has 1 saturated heterocycles. The molecule has 0 radical (unpaired) electrons. The summed E-state index contributed by atoms with van der Waals surface area (Å²) in [6.45, 7) is 3.27. The second-order valence-electron chi connectivity index (χ2n) is 5.24. The predicted molar refractivity (Wildman–Crippen MR) is 101 cm³/mol. The lowest BCUT2D eigenvalue weighted by Gasteiger charge is -2.36. The van der Waals surface area contributed by atoms with Crippen LogP contribution < -0.4 is 4.90 Å². The molecule has 0 saturated carbocycles. The molecule has 0 atom stereocenters. The lowest BCUT2D eigenvalue weighted by Crippen LogP contribution is -2.49. The minimum atomic E-state index is 0.124. The topological polar surface area (TPSA) is 23.6 Å². The maximum Gasteiger partial charge on any atom is 0.255 e. The van der Waals surface area contributed by atoms with Crippen molar-refractivity contribution in [2.75, 3.05) is 31.1 Å². The first-order valence-electron chi connectivity index (χ1n) is 7.19. The number of carbonyl (C=O) groups excluding carboxylic acids is 1. The van der Waals surface area contributed by atoms with E-state index < -0.39 is 0 Å². The molecule has 1 heterocycles. The number of para-hydroxylation sites is 1. The first kappa shape index (κ1) is 15.8. The molecule has 3 nitrogen and oxygen atoms in total. The van der Waals surface area contributed by atoms with Gasteiger partial charge in [0.2, 0.25) is 0 Å². The Morgan fingerprint density at radius 2 is 1.68 bits per heavy atom. The first-order valence-corrected chi connectivity index (χ1v) is 9.06. The number of hydrogen-bond acceptors (Lipinski definition) is 2. The molecule has 0 spiro atoms. The summed E-state index contributed by atoms with van der Waals surface area (Å²) < 4.78 is 1.94. The van der Waals surface area contributed by atoms with Gasteiger partial charge >= 0.3 is 0 Å². The summed E-state index contributed by atoms with van der Waals surface area (Å²) >= 11 is 5.67. The van der Waals surface area contributed by atoms with Crippen molar-refractivity contribution >= 4 is 50.1 Å². The molecule has 0 unspecified atom stereocenters. The van der Waals surface area contributed by atoms with Gasteiger partial charge in [-0.3, -0.25) is 4.79 Å². The largest absolute Gasteiger partial charge is 0.368 e. The van der Waals surface area contributed by atoms with E-state index in [9.17, 15) is 4.79 Å². The molecule has 1 aliphatic rings. The third-order valence-corrected chi connectivity index (χ3v) is 5.28. The Labute approximate surface area is 152 Å². The Bertz CT molecular complexity index is 670. The number of amides is 1. The van der Waals surface area contributed by atoms with Gasteiger partial charge in [-0.25, -0.2) is 0 Å². The minimum absolute atomic E-state index is 0.124. The fourth-order valence-corrected chi connectivity index (χ4v) is 3.57. The molecule has 0 bridgehead atoms. The van der Waals surface area contributed by atoms with Crippen molar-refractivity contribution in [1.29, 1.82) is 0 Å². The van der Waals surface area contributed by atoms with E-state index in [4.69, 9.17) is 0 Å². The van der Waals surface area contributed by atoms with Crippen molar-refractivity contribution in [2.45, 2.75) is 0 Å². The maximum atomic E-state index is 12.7. The summed E-state index contributed by atoms with van der Waals surface area (Å²) in [7, 11) is 0. The number of nitrogens with zero attached hydrogens (tertiary/aromatic N) is 2. The van der Waals surface area contributed by atoms with Crippen molar-refractivity contribution < 1.29 is 4.79 Å². The van der Waals surface area contributed by atoms with Crippen LogP contribution in [0.4, 0.5) is 5.69 Å². The van der Waals surface area contributed by atoms with Crippen LogP contribution in [0.1, 0.15) is 10.4 Å². The van der Waals surface area contributed by atoms with Crippen LogP contribution in [0.15, 0.2) is 53.0 Å². The summed E-state index contributed by atoms with van der Waals surface area (Å²) in [5.41, 5.74) is 2.01. The molecule has 1 aliphatic heterocycles. The molecule has 22 heavy (non-hydrogen) atoms. The zero-order valence-corrected chi connectivity index (χ0v) is 15.7. The molecule has 0 aliphatic carbocycles. The molecule has 2 aromatic carbocycles. The SMILES string of the molecule is O=C(c1cc(Br)ccc1I)N1CCN(c2ccccc2)CC1. The standard InChI is InChI=1S/C17H16BrIN2O/c18-13-6-7-16(19)15(12-13)17(22)21-10-8-20(9-11-21)14-4-2-1-3-5-14/h1-7,12H,8-11H2. The van der Waals surface area contributed by atoms with Gasteiger partial charge in [0.15, 0.2) is 0 Å². The average Bonchev–Trinajstić information content (AvgIpc) is 2.57. The van der Waals surface area contributed by atoms with Crippen LogP contribution in [-0.4, -0.2) is 37.0 Å². The Kier molecular flexibility index (Phi) is 5.03. The van der Waals surface area contributed by atoms with Crippen molar-refractivity contribution in [3.8, 4) is 0 Å². The van der Waals surface area contributed by atoms with Crippen LogP contribution in [0, 0.1) is 3.57 Å². The molecule has 0 aromatic heterocycles. The van der Waals surface area contributed by atoms with E-state index >= 15 is 0 Å². The van der Waals surface area contributed by atoms with Gasteiger partial charge in [-0.05, 0) is 52.9 Å². The van der Waals surface area contributed by atoms with Gasteiger partial charge < -0.3 is 9.80 Å². The zero-order chi connectivity index (χ0) is 15.5. The third kappa shape index (κ3) is 3.46. The molecular weight excluding hydrogens is 455 g/mol. The first-order chi connectivity index (χ1) is 10.6. The van der Waals surface area contributed by atoms with Gasteiger partial charge in [-0.15, -0.1) is 0 Å². The van der Waals surface area contributed by atoms with Gasteiger partial charge in [0, 0.05) is 39.9 Å². The van der Waals surface area contributed by atoms with E-state index in [0.29, 0.717) is 0 Å². The second kappa shape index (κ2) is 7.00. The molecule has 3 rings (SSSR count). The fourth-order valence-electron chi connectivity index (χ4n) is 2.64. The molecule has 5 heteroatoms. The molecule has 1 fully saturated rings. The van der Waals surface area contributed by atoms with Crippen LogP contribution >= 0.6 is 38.5 Å². The van der Waals surface area contributed by atoms with Gasteiger partial charge in [0.25, 0.3) is 5.91 Å². The monoisotopic (exact) mass is 470 g/mol. The van der Waals surface area contributed by atoms with Crippen molar-refractivity contribution in [3.63, 3.8) is 0 Å². The van der Waals surface area contributed by atoms with E-state index in [2.05, 4.69) is 67.7 Å². The highest BCUT2D eigenvalue weighted by Gasteiger charge is 2.23. The third-order valence-electron chi connectivity index (χ3n) is 3.85. The molecular formula is C17H16BrIN2O. The highest BCUT2D eigenvalue weighted by molar-refractivity contribution is 14.1. The highest BCUT2D eigenvalue weighted by atomic mass is 127. The summed E-state index contributed by atoms with van der Waals surface area (Å²) in [6, 6.07) is 16.2. The Balaban J connectivity index is 1.68. The van der Waals surface area contributed by atoms with Crippen LogP contribution in [0.2, 0.25) is 0 Å². The van der Waals surface area contributed by atoms with E-state index in [1.165, 1.54) is 5.69 Å². The summed E-state index contributed by atoms with van der Waals surface area (Å²) in [4.78, 5) is 17.0. The fraction of sp³-hybridized carbons (Fsp3) is 0.235. The number of carbonyl (C=O) groups is 1. The number of halogens is 2. The lowest BCUT2D eigenvalue weighted by molar-refractivity contribution is 0.0745. The normalized spacial score (nSPS) is 15.0. The number of anilines is 1. The van der Waals surface area contributed by atoms with Crippen LogP contribution in [0.25, 0.3) is 0 Å². The predicted octanol–water partition coefficient (Wildman–Crippen LogP) is 4.02. The minimum Gasteiger partial charge on any atom is -0.368 e. The van der Waals surface area contributed by atoms with E-state index in [-0.39, 0.29) is 5.91 Å². The second-order valence-corrected chi connectivity index (χ2v) is 7.32. The van der Waals surface area contributed by atoms with Crippen LogP contribution in [0.3, 0.4) is 0 Å². The van der Waals surface area contributed by atoms with E-state index in [1.807, 2.05) is 29.2 Å². The lowest BCUT2D eigenvalue weighted by atomic mass is 10.1. The van der Waals surface area contributed by atoms with Crippen molar-refractivity contribution in [2.24, 2.45) is 0 Å². The molecule has 1 amide bonds. The number of hydrogen-bond donors (Lipinski definition) is 0. The highest BCUT2D eigenvalue weighted by Crippen LogP contribution is 2.22. The number of piperazine rings is 1. The summed E-state index contributed by atoms with van der Waals surface area (Å²) in [5, 5.41) is 0. The number of rotatable bonds is 2. The van der Waals surface area contributed by atoms with Crippen molar-refractivity contribution in [3.05, 3.63) is 62.1 Å².